The molecule has 3 aliphatic rings. The van der Waals surface area contributed by atoms with E-state index < -0.39 is 34.4 Å². The number of oxime groups is 1. The molecule has 4 aromatic carbocycles. The Labute approximate surface area is 362 Å². The van der Waals surface area contributed by atoms with Crippen molar-refractivity contribution >= 4 is 28.3 Å². The number of amides is 1. The zero-order valence-corrected chi connectivity index (χ0v) is 35.9. The fourth-order valence-corrected chi connectivity index (χ4v) is 9.29. The summed E-state index contributed by atoms with van der Waals surface area (Å²) in [6, 6.07) is 24.5. The molecule has 6 atom stereocenters. The van der Waals surface area contributed by atoms with E-state index in [9.17, 15) is 25.1 Å². The number of nitrogens with zero attached hydrogens (tertiary/aromatic N) is 3. The Morgan fingerprint density at radius 2 is 1.63 bits per heavy atom. The Balaban J connectivity index is 1.39. The van der Waals surface area contributed by atoms with Crippen LogP contribution in [-0.4, -0.2) is 76.1 Å². The smallest absolute Gasteiger partial charge is 0.415 e. The Hall–Kier alpha value is -5.76. The first-order valence-corrected chi connectivity index (χ1v) is 21.5. The predicted molar refractivity (Wildman–Crippen MR) is 237 cm³/mol. The topological polar surface area (TPSA) is 162 Å². The molecule has 1 amide bonds. The van der Waals surface area contributed by atoms with Crippen LogP contribution >= 0.6 is 0 Å². The number of nitro benzene ring substituents is 1. The van der Waals surface area contributed by atoms with Crippen LogP contribution in [0.15, 0.2) is 114 Å². The highest BCUT2D eigenvalue weighted by Gasteiger charge is 2.65. The normalized spacial score (nSPS) is 23.4. The van der Waals surface area contributed by atoms with E-state index in [0.717, 1.165) is 47.6 Å². The largest absolute Gasteiger partial charge is 0.459 e. The number of allylic oxidation sites excluding steroid dienone is 1. The van der Waals surface area contributed by atoms with Crippen LogP contribution < -0.4 is 14.2 Å². The van der Waals surface area contributed by atoms with Gasteiger partial charge in [-0.25, -0.2) is 4.79 Å². The second-order valence-electron chi connectivity index (χ2n) is 17.3. The van der Waals surface area contributed by atoms with Crippen molar-refractivity contribution in [1.29, 1.82) is 0 Å². The molecule has 2 N–H and O–H groups in total. The summed E-state index contributed by atoms with van der Waals surface area (Å²) >= 11 is 0. The highest BCUT2D eigenvalue weighted by atomic mass is 16.7. The number of aliphatic hydroxyl groups excluding tert-OH is 2. The maximum absolute atomic E-state index is 14.3. The summed E-state index contributed by atoms with van der Waals surface area (Å²) in [5.41, 5.74) is 1.70. The van der Waals surface area contributed by atoms with Gasteiger partial charge >= 0.3 is 6.09 Å². The third-order valence-electron chi connectivity index (χ3n) is 12.0. The number of nitro groups is 1. The van der Waals surface area contributed by atoms with E-state index in [1.807, 2.05) is 63.2 Å². The molecule has 0 aromatic heterocycles. The van der Waals surface area contributed by atoms with E-state index in [-0.39, 0.29) is 55.4 Å². The van der Waals surface area contributed by atoms with E-state index >= 15 is 0 Å². The minimum absolute atomic E-state index is 0.0140. The fraction of sp³-hybridized carbons (Fsp3) is 0.429. The maximum Gasteiger partial charge on any atom is 0.415 e. The molecule has 1 fully saturated rings. The van der Waals surface area contributed by atoms with Gasteiger partial charge in [0.2, 0.25) is 5.79 Å². The van der Waals surface area contributed by atoms with Crippen LogP contribution in [0.25, 0.3) is 10.8 Å². The summed E-state index contributed by atoms with van der Waals surface area (Å²) in [7, 11) is 1.63. The van der Waals surface area contributed by atoms with Crippen LogP contribution in [0.3, 0.4) is 0 Å². The van der Waals surface area contributed by atoms with Crippen LogP contribution in [0.4, 0.5) is 10.5 Å². The molecule has 7 rings (SSSR count). The van der Waals surface area contributed by atoms with Gasteiger partial charge in [-0.05, 0) is 117 Å². The molecule has 6 unspecified atom stereocenters. The zero-order valence-electron chi connectivity index (χ0n) is 35.9. The number of hydrogen-bond acceptors (Lipinski definition) is 11. The van der Waals surface area contributed by atoms with Crippen molar-refractivity contribution in [3.63, 3.8) is 0 Å². The average Bonchev–Trinajstić information content (AvgIpc) is 3.25. The lowest BCUT2D eigenvalue weighted by atomic mass is 9.55. The summed E-state index contributed by atoms with van der Waals surface area (Å²) in [4.78, 5) is 32.7. The summed E-state index contributed by atoms with van der Waals surface area (Å²) in [6.07, 6.45) is 7.83. The van der Waals surface area contributed by atoms with Gasteiger partial charge in [-0.2, -0.15) is 0 Å². The lowest BCUT2D eigenvalue weighted by Crippen LogP contribution is -2.69. The summed E-state index contributed by atoms with van der Waals surface area (Å²) in [5.74, 6) is -0.192. The molecule has 0 saturated heterocycles. The molecule has 1 aliphatic heterocycles. The zero-order chi connectivity index (χ0) is 44.0. The Kier molecular flexibility index (Phi) is 13.6. The van der Waals surface area contributed by atoms with Crippen molar-refractivity contribution in [2.45, 2.75) is 89.1 Å². The molecule has 1 heterocycles. The Morgan fingerprint density at radius 3 is 2.32 bits per heavy atom. The van der Waals surface area contributed by atoms with Gasteiger partial charge in [0.15, 0.2) is 0 Å². The third-order valence-corrected chi connectivity index (χ3v) is 12.0. The standard InChI is InChI=1S/C49H57N3O10/c1-6-27-58-49-44(51(5)47(55)60-36-21-18-35(19-22-36)52(56)57)31-42(50-62-48(2,3)4)40-29-34(15-9-11-25-53)39(16-10-12-26-54)45(46(40)49)41-30-38(23-24-43(41)61-49)59-37-20-17-32-13-7-8-14-33(32)28-37/h6-8,13-14,17-24,28-30,34,39,44-46,53-54H,1,9-12,15-16,25-27,31H2,2-5H3. The first-order valence-electron chi connectivity index (χ1n) is 21.5. The van der Waals surface area contributed by atoms with Gasteiger partial charge in [-0.15, -0.1) is 6.58 Å². The lowest BCUT2D eigenvalue weighted by Gasteiger charge is -2.59. The lowest BCUT2D eigenvalue weighted by molar-refractivity contribution is -0.384. The summed E-state index contributed by atoms with van der Waals surface area (Å²) in [5, 5.41) is 38.2. The molecule has 13 heteroatoms. The summed E-state index contributed by atoms with van der Waals surface area (Å²) < 4.78 is 26.6. The van der Waals surface area contributed by atoms with Crippen LogP contribution in [0.1, 0.15) is 77.2 Å². The number of ether oxygens (including phenoxy) is 4. The SMILES string of the molecule is C=CCOC12Oc3ccc(Oc4ccc5ccccc5c4)cc3C3C(CCCCO)C(CCCCO)C=C(C(=NOC(C)(C)C)CC1N(C)C(=O)Oc1ccc([N+](=O)[O-])cc1)C32. The number of likely N-dealkylation sites (N-methyl/N-ethyl adjacent to an activating group) is 1. The quantitative estimate of drug-likeness (QED) is 0.0453. The van der Waals surface area contributed by atoms with Crippen LogP contribution in [0.5, 0.6) is 23.0 Å². The van der Waals surface area contributed by atoms with Gasteiger partial charge in [-0.1, -0.05) is 60.5 Å². The average molecular weight is 848 g/mol. The van der Waals surface area contributed by atoms with E-state index in [4.69, 9.17) is 28.9 Å². The molecule has 0 bridgehead atoms. The summed E-state index contributed by atoms with van der Waals surface area (Å²) in [6.45, 7) is 10.0. The van der Waals surface area contributed by atoms with Gasteiger partial charge in [0.25, 0.3) is 5.69 Å². The minimum atomic E-state index is -1.49. The van der Waals surface area contributed by atoms with Crippen molar-refractivity contribution in [3.05, 3.63) is 125 Å². The van der Waals surface area contributed by atoms with Crippen LogP contribution in [-0.2, 0) is 9.57 Å². The van der Waals surface area contributed by atoms with Crippen molar-refractivity contribution in [2.75, 3.05) is 26.9 Å². The third kappa shape index (κ3) is 9.50. The fourth-order valence-electron chi connectivity index (χ4n) is 9.29. The van der Waals surface area contributed by atoms with E-state index in [1.54, 1.807) is 13.1 Å². The van der Waals surface area contributed by atoms with Crippen molar-refractivity contribution in [1.82, 2.24) is 4.90 Å². The first kappa shape index (κ1) is 44.3. The van der Waals surface area contributed by atoms with Gasteiger partial charge in [0.05, 0.1) is 23.2 Å². The molecule has 13 nitrogen and oxygen atoms in total. The van der Waals surface area contributed by atoms with Gasteiger partial charge in [0, 0.05) is 50.3 Å². The van der Waals surface area contributed by atoms with Crippen molar-refractivity contribution in [3.8, 4) is 23.0 Å². The van der Waals surface area contributed by atoms with Gasteiger partial charge < -0.3 is 38.9 Å². The highest BCUT2D eigenvalue weighted by Crippen LogP contribution is 2.62. The van der Waals surface area contributed by atoms with Crippen LogP contribution in [0, 0.1) is 27.9 Å². The van der Waals surface area contributed by atoms with Crippen molar-refractivity contribution in [2.24, 2.45) is 22.9 Å². The number of non-ortho nitro benzene ring substituents is 1. The Bertz CT molecular complexity index is 2300. The van der Waals surface area contributed by atoms with Gasteiger partial charge in [0.1, 0.15) is 34.6 Å². The van der Waals surface area contributed by atoms with Crippen LogP contribution in [0.2, 0.25) is 0 Å². The highest BCUT2D eigenvalue weighted by molar-refractivity contribution is 6.03. The number of carbonyl (C=O) groups is 1. The molecule has 0 spiro atoms. The molecule has 328 valence electrons. The molecule has 2 aliphatic carbocycles. The number of fused-ring (bicyclic) bond motifs is 3. The van der Waals surface area contributed by atoms with E-state index in [1.165, 1.54) is 29.2 Å². The number of rotatable bonds is 17. The first-order chi connectivity index (χ1) is 29.8. The molecule has 4 aromatic rings. The molecular formula is C49H57N3O10. The second kappa shape index (κ2) is 19.1. The molecule has 62 heavy (non-hydrogen) atoms. The number of unbranched alkanes of at least 4 members (excludes halogenated alkanes) is 2. The second-order valence-corrected chi connectivity index (χ2v) is 17.3. The Morgan fingerprint density at radius 1 is 0.952 bits per heavy atom. The molecular weight excluding hydrogens is 791 g/mol. The molecule has 1 saturated carbocycles. The van der Waals surface area contributed by atoms with E-state index in [2.05, 4.69) is 30.9 Å². The minimum Gasteiger partial charge on any atom is -0.459 e. The predicted octanol–water partition coefficient (Wildman–Crippen LogP) is 10.1. The number of benzene rings is 4. The monoisotopic (exact) mass is 847 g/mol. The molecule has 0 radical (unpaired) electrons. The number of carbonyl (C=O) groups excluding carboxylic acids is 1. The number of hydrogen-bond donors (Lipinski definition) is 2. The van der Waals surface area contributed by atoms with E-state index in [0.29, 0.717) is 35.8 Å². The van der Waals surface area contributed by atoms with Gasteiger partial charge in [-0.3, -0.25) is 10.1 Å². The maximum atomic E-state index is 14.3. The number of aliphatic hydroxyl groups is 2. The van der Waals surface area contributed by atoms with Crippen molar-refractivity contribution < 1.29 is 43.7 Å².